The van der Waals surface area contributed by atoms with Crippen molar-refractivity contribution < 1.29 is 4.42 Å². The number of nitrogens with zero attached hydrogens (tertiary/aromatic N) is 1. The molecule has 0 saturated heterocycles. The van der Waals surface area contributed by atoms with E-state index in [0.29, 0.717) is 26.4 Å². The van der Waals surface area contributed by atoms with E-state index in [0.717, 1.165) is 0 Å². The van der Waals surface area contributed by atoms with Crippen molar-refractivity contribution in [3.63, 3.8) is 0 Å². The van der Waals surface area contributed by atoms with E-state index in [1.54, 1.807) is 24.3 Å². The van der Waals surface area contributed by atoms with E-state index in [4.69, 9.17) is 44.5 Å². The molecule has 0 spiro atoms. The summed E-state index contributed by atoms with van der Waals surface area (Å²) in [5.74, 6) is 0.653. The van der Waals surface area contributed by atoms with Crippen LogP contribution in [0.1, 0.15) is 5.76 Å². The van der Waals surface area contributed by atoms with Crippen LogP contribution in [0.15, 0.2) is 28.7 Å². The molecular weight excluding hydrogens is 268 g/mol. The summed E-state index contributed by atoms with van der Waals surface area (Å²) in [5, 5.41) is 9.87. The molecule has 0 saturated carbocycles. The molecule has 2 rings (SSSR count). The van der Waals surface area contributed by atoms with Crippen molar-refractivity contribution in [2.75, 3.05) is 0 Å². The van der Waals surface area contributed by atoms with Crippen LogP contribution in [-0.4, -0.2) is 0 Å². The maximum atomic E-state index is 8.65. The van der Waals surface area contributed by atoms with Crippen LogP contribution in [0.3, 0.4) is 0 Å². The number of benzene rings is 1. The normalized spacial score (nSPS) is 10.1. The Morgan fingerprint density at radius 3 is 2.19 bits per heavy atom. The Kier molecular flexibility index (Phi) is 3.11. The van der Waals surface area contributed by atoms with Gasteiger partial charge in [0.25, 0.3) is 0 Å². The summed E-state index contributed by atoms with van der Waals surface area (Å²) in [6, 6.07) is 8.22. The highest BCUT2D eigenvalue weighted by molar-refractivity contribution is 6.41. The molecule has 0 aliphatic heterocycles. The van der Waals surface area contributed by atoms with Gasteiger partial charge in [-0.05, 0) is 24.3 Å². The summed E-state index contributed by atoms with van der Waals surface area (Å²) in [6.07, 6.45) is 0. The summed E-state index contributed by atoms with van der Waals surface area (Å²) < 4.78 is 5.25. The van der Waals surface area contributed by atoms with Crippen molar-refractivity contribution in [1.82, 2.24) is 0 Å². The van der Waals surface area contributed by atoms with Gasteiger partial charge in [0.1, 0.15) is 11.8 Å². The number of rotatable bonds is 1. The Morgan fingerprint density at radius 2 is 1.69 bits per heavy atom. The second-order valence-corrected chi connectivity index (χ2v) is 4.27. The zero-order valence-corrected chi connectivity index (χ0v) is 10.1. The SMILES string of the molecule is N#Cc1ccc(-c2c(Cl)cc(Cl)cc2Cl)o1. The summed E-state index contributed by atoms with van der Waals surface area (Å²) in [6.45, 7) is 0. The molecule has 1 aromatic carbocycles. The number of nitriles is 1. The lowest BCUT2D eigenvalue weighted by atomic mass is 10.2. The Hall–Kier alpha value is -1.14. The average Bonchev–Trinajstić information content (AvgIpc) is 2.64. The van der Waals surface area contributed by atoms with Gasteiger partial charge in [0, 0.05) is 5.02 Å². The van der Waals surface area contributed by atoms with Crippen molar-refractivity contribution in [2.24, 2.45) is 0 Å². The maximum absolute atomic E-state index is 8.65. The van der Waals surface area contributed by atoms with Gasteiger partial charge in [0.05, 0.1) is 15.6 Å². The Labute approximate surface area is 107 Å². The number of furan rings is 1. The second-order valence-electron chi connectivity index (χ2n) is 3.02. The third kappa shape index (κ3) is 2.03. The molecule has 0 fully saturated rings. The smallest absolute Gasteiger partial charge is 0.204 e. The van der Waals surface area contributed by atoms with Gasteiger partial charge in [-0.3, -0.25) is 0 Å². The maximum Gasteiger partial charge on any atom is 0.204 e. The molecule has 16 heavy (non-hydrogen) atoms. The van der Waals surface area contributed by atoms with Crippen LogP contribution >= 0.6 is 34.8 Å². The van der Waals surface area contributed by atoms with Crippen molar-refractivity contribution in [2.45, 2.75) is 0 Å². The lowest BCUT2D eigenvalue weighted by Gasteiger charge is -2.04. The molecule has 0 radical (unpaired) electrons. The Balaban J connectivity index is 2.60. The van der Waals surface area contributed by atoms with Crippen LogP contribution in [0.2, 0.25) is 15.1 Å². The fourth-order valence-corrected chi connectivity index (χ4v) is 2.31. The quantitative estimate of drug-likeness (QED) is 0.749. The van der Waals surface area contributed by atoms with Gasteiger partial charge >= 0.3 is 0 Å². The minimum Gasteiger partial charge on any atom is -0.446 e. The summed E-state index contributed by atoms with van der Waals surface area (Å²) in [4.78, 5) is 0. The fraction of sp³-hybridized carbons (Fsp3) is 0. The van der Waals surface area contributed by atoms with Gasteiger partial charge in [-0.2, -0.15) is 5.26 Å². The summed E-state index contributed by atoms with van der Waals surface area (Å²) >= 11 is 17.8. The molecule has 0 aliphatic rings. The van der Waals surface area contributed by atoms with E-state index in [9.17, 15) is 0 Å². The highest BCUT2D eigenvalue weighted by Gasteiger charge is 2.13. The predicted molar refractivity (Wildman–Crippen MR) is 63.9 cm³/mol. The van der Waals surface area contributed by atoms with Crippen LogP contribution in [-0.2, 0) is 0 Å². The van der Waals surface area contributed by atoms with E-state index in [-0.39, 0.29) is 5.76 Å². The highest BCUT2D eigenvalue weighted by atomic mass is 35.5. The lowest BCUT2D eigenvalue weighted by molar-refractivity contribution is 0.567. The first-order chi connectivity index (χ1) is 7.61. The lowest BCUT2D eigenvalue weighted by Crippen LogP contribution is -1.79. The van der Waals surface area contributed by atoms with E-state index >= 15 is 0 Å². The zero-order valence-electron chi connectivity index (χ0n) is 7.80. The molecule has 0 amide bonds. The molecule has 80 valence electrons. The third-order valence-electron chi connectivity index (χ3n) is 1.97. The molecule has 0 N–H and O–H groups in total. The molecule has 0 unspecified atom stereocenters. The van der Waals surface area contributed by atoms with Crippen LogP contribution in [0.25, 0.3) is 11.3 Å². The van der Waals surface area contributed by atoms with Crippen molar-refractivity contribution in [3.05, 3.63) is 45.1 Å². The van der Waals surface area contributed by atoms with Gasteiger partial charge < -0.3 is 4.42 Å². The third-order valence-corrected chi connectivity index (χ3v) is 2.78. The Morgan fingerprint density at radius 1 is 1.06 bits per heavy atom. The predicted octanol–water partition coefficient (Wildman–Crippen LogP) is 4.78. The van der Waals surface area contributed by atoms with E-state index in [2.05, 4.69) is 0 Å². The van der Waals surface area contributed by atoms with E-state index < -0.39 is 0 Å². The molecule has 0 atom stereocenters. The van der Waals surface area contributed by atoms with Crippen LogP contribution in [0.4, 0.5) is 0 Å². The number of halogens is 3. The second kappa shape index (κ2) is 4.39. The summed E-state index contributed by atoms with van der Waals surface area (Å²) in [5.41, 5.74) is 0.536. The molecule has 2 nitrogen and oxygen atoms in total. The molecular formula is C11H4Cl3NO. The Bertz CT molecular complexity index is 560. The van der Waals surface area contributed by atoms with Crippen molar-refractivity contribution in [1.29, 1.82) is 5.26 Å². The van der Waals surface area contributed by atoms with Gasteiger partial charge in [0.2, 0.25) is 5.76 Å². The van der Waals surface area contributed by atoms with Gasteiger partial charge in [0.15, 0.2) is 0 Å². The summed E-state index contributed by atoms with van der Waals surface area (Å²) in [7, 11) is 0. The van der Waals surface area contributed by atoms with Gasteiger partial charge in [-0.25, -0.2) is 0 Å². The first-order valence-corrected chi connectivity index (χ1v) is 5.40. The average molecular weight is 273 g/mol. The van der Waals surface area contributed by atoms with Crippen molar-refractivity contribution >= 4 is 34.8 Å². The van der Waals surface area contributed by atoms with Crippen LogP contribution in [0, 0.1) is 11.3 Å². The number of hydrogen-bond donors (Lipinski definition) is 0. The fourth-order valence-electron chi connectivity index (χ4n) is 1.31. The molecule has 0 aliphatic carbocycles. The first-order valence-electron chi connectivity index (χ1n) is 4.26. The molecule has 0 bridgehead atoms. The highest BCUT2D eigenvalue weighted by Crippen LogP contribution is 2.37. The topological polar surface area (TPSA) is 36.9 Å². The monoisotopic (exact) mass is 271 g/mol. The van der Waals surface area contributed by atoms with Gasteiger partial charge in [-0.1, -0.05) is 34.8 Å². The minimum atomic E-state index is 0.206. The molecule has 1 aromatic heterocycles. The largest absolute Gasteiger partial charge is 0.446 e. The van der Waals surface area contributed by atoms with Gasteiger partial charge in [-0.15, -0.1) is 0 Å². The first kappa shape index (κ1) is 11.3. The number of hydrogen-bond acceptors (Lipinski definition) is 2. The van der Waals surface area contributed by atoms with Crippen LogP contribution < -0.4 is 0 Å². The van der Waals surface area contributed by atoms with Crippen molar-refractivity contribution in [3.8, 4) is 17.4 Å². The zero-order chi connectivity index (χ0) is 11.7. The van der Waals surface area contributed by atoms with E-state index in [1.165, 1.54) is 0 Å². The molecule has 2 aromatic rings. The minimum absolute atomic E-state index is 0.206. The molecule has 5 heteroatoms. The molecule has 1 heterocycles. The van der Waals surface area contributed by atoms with E-state index in [1.807, 2.05) is 6.07 Å². The van der Waals surface area contributed by atoms with Crippen LogP contribution in [0.5, 0.6) is 0 Å². The standard InChI is InChI=1S/C11H4Cl3NO/c12-6-3-8(13)11(9(14)4-6)10-2-1-7(5-15)16-10/h1-4H.